The molecule has 2 aromatic heterocycles. The van der Waals surface area contributed by atoms with Gasteiger partial charge in [-0.05, 0) is 42.5 Å². The molecule has 1 N–H and O–H groups in total. The van der Waals surface area contributed by atoms with Crippen molar-refractivity contribution >= 4 is 41.6 Å². The Morgan fingerprint density at radius 3 is 2.67 bits per heavy atom. The van der Waals surface area contributed by atoms with Gasteiger partial charge in [0, 0.05) is 16.1 Å². The summed E-state index contributed by atoms with van der Waals surface area (Å²) in [5, 5.41) is 12.5. The van der Waals surface area contributed by atoms with Gasteiger partial charge in [-0.25, -0.2) is 5.10 Å². The van der Waals surface area contributed by atoms with E-state index in [1.54, 1.807) is 29.1 Å². The second kappa shape index (κ2) is 7.52. The van der Waals surface area contributed by atoms with E-state index in [1.165, 1.54) is 0 Å². The number of furan rings is 1. The van der Waals surface area contributed by atoms with E-state index in [0.717, 1.165) is 11.1 Å². The van der Waals surface area contributed by atoms with Crippen LogP contribution in [0.2, 0.25) is 10.0 Å². The minimum atomic E-state index is 0.387. The van der Waals surface area contributed by atoms with Crippen LogP contribution in [-0.2, 0) is 0 Å². The first-order chi connectivity index (χ1) is 13.1. The molecule has 0 saturated heterocycles. The molecule has 0 radical (unpaired) electrons. The highest BCUT2D eigenvalue weighted by atomic mass is 35.5. The number of nitrogens with zero attached hydrogens (tertiary/aromatic N) is 3. The third kappa shape index (κ3) is 3.73. The molecule has 134 valence electrons. The van der Waals surface area contributed by atoms with E-state index in [1.807, 2.05) is 42.5 Å². The quantitative estimate of drug-likeness (QED) is 0.326. The smallest absolute Gasteiger partial charge is 0.216 e. The van der Waals surface area contributed by atoms with Gasteiger partial charge in [-0.1, -0.05) is 53.5 Å². The van der Waals surface area contributed by atoms with Crippen molar-refractivity contribution in [3.8, 4) is 22.7 Å². The Morgan fingerprint density at radius 1 is 1.07 bits per heavy atom. The highest BCUT2D eigenvalue weighted by Crippen LogP contribution is 2.31. The van der Waals surface area contributed by atoms with E-state index >= 15 is 0 Å². The fourth-order valence-electron chi connectivity index (χ4n) is 2.54. The maximum atomic E-state index is 6.23. The molecule has 4 aromatic rings. The van der Waals surface area contributed by atoms with Gasteiger partial charge in [-0.15, -0.1) is 0 Å². The Bertz CT molecular complexity index is 1180. The van der Waals surface area contributed by atoms with Crippen molar-refractivity contribution in [1.82, 2.24) is 14.9 Å². The molecule has 0 aliphatic rings. The van der Waals surface area contributed by atoms with E-state index in [2.05, 4.69) is 15.3 Å². The maximum Gasteiger partial charge on any atom is 0.216 e. The number of hydrogen-bond donors (Lipinski definition) is 1. The van der Waals surface area contributed by atoms with Crippen molar-refractivity contribution in [3.05, 3.63) is 81.2 Å². The Balaban J connectivity index is 1.65. The lowest BCUT2D eigenvalue weighted by Crippen LogP contribution is -1.94. The van der Waals surface area contributed by atoms with Crippen LogP contribution in [0.25, 0.3) is 22.7 Å². The summed E-state index contributed by atoms with van der Waals surface area (Å²) >= 11 is 17.4. The van der Waals surface area contributed by atoms with Crippen LogP contribution in [0.4, 0.5) is 0 Å². The van der Waals surface area contributed by atoms with Gasteiger partial charge in [0.15, 0.2) is 5.82 Å². The fraction of sp³-hybridized carbons (Fsp3) is 0. The molecule has 0 aliphatic heterocycles. The lowest BCUT2D eigenvalue weighted by molar-refractivity contribution is 0.574. The molecule has 0 amide bonds. The van der Waals surface area contributed by atoms with Gasteiger partial charge in [-0.2, -0.15) is 14.9 Å². The summed E-state index contributed by atoms with van der Waals surface area (Å²) in [7, 11) is 0. The molecule has 0 spiro atoms. The van der Waals surface area contributed by atoms with Gasteiger partial charge < -0.3 is 4.42 Å². The number of nitrogens with one attached hydrogen (secondary N) is 1. The number of rotatable bonds is 4. The zero-order valence-electron chi connectivity index (χ0n) is 13.8. The minimum Gasteiger partial charge on any atom is -0.455 e. The molecule has 2 aromatic carbocycles. The Morgan fingerprint density at radius 2 is 1.89 bits per heavy atom. The SMILES string of the molecule is S=c1[nH]nc(-c2ccccc2)n1/N=C/c1ccc(-c2ccc(Cl)cc2Cl)o1. The first kappa shape index (κ1) is 17.7. The standard InChI is InChI=1S/C19H12Cl2N4OS/c20-13-6-8-15(16(21)10-13)17-9-7-14(26-17)11-22-25-18(23-24-19(25)27)12-4-2-1-3-5-12/h1-11H,(H,24,27)/b22-11+. The third-order valence-corrected chi connectivity index (χ3v) is 4.62. The second-order valence-corrected chi connectivity index (χ2v) is 6.83. The van der Waals surface area contributed by atoms with E-state index < -0.39 is 0 Å². The molecule has 0 atom stereocenters. The molecule has 4 rings (SSSR count). The first-order valence-electron chi connectivity index (χ1n) is 7.94. The van der Waals surface area contributed by atoms with Crippen molar-refractivity contribution in [2.24, 2.45) is 5.10 Å². The highest BCUT2D eigenvalue weighted by Gasteiger charge is 2.10. The molecule has 2 heterocycles. The van der Waals surface area contributed by atoms with Gasteiger partial charge in [-0.3, -0.25) is 0 Å². The minimum absolute atomic E-state index is 0.387. The molecule has 0 fully saturated rings. The number of aromatic nitrogens is 3. The van der Waals surface area contributed by atoms with Crippen molar-refractivity contribution in [1.29, 1.82) is 0 Å². The summed E-state index contributed by atoms with van der Waals surface area (Å²) in [6.07, 6.45) is 1.57. The Hall–Kier alpha value is -2.67. The summed E-state index contributed by atoms with van der Waals surface area (Å²) in [4.78, 5) is 0. The molecule has 8 heteroatoms. The van der Waals surface area contributed by atoms with E-state index in [4.69, 9.17) is 39.8 Å². The average molecular weight is 415 g/mol. The summed E-state index contributed by atoms with van der Waals surface area (Å²) in [6.45, 7) is 0. The molecular weight excluding hydrogens is 403 g/mol. The maximum absolute atomic E-state index is 6.23. The van der Waals surface area contributed by atoms with Crippen LogP contribution in [0.1, 0.15) is 5.76 Å². The number of hydrogen-bond acceptors (Lipinski definition) is 4. The molecule has 27 heavy (non-hydrogen) atoms. The zero-order valence-corrected chi connectivity index (χ0v) is 16.1. The number of H-pyrrole nitrogens is 1. The van der Waals surface area contributed by atoms with Crippen molar-refractivity contribution in [2.75, 3.05) is 0 Å². The normalized spacial score (nSPS) is 11.3. The molecule has 0 aliphatic carbocycles. The largest absolute Gasteiger partial charge is 0.455 e. The van der Waals surface area contributed by atoms with Gasteiger partial charge in [0.1, 0.15) is 11.5 Å². The zero-order chi connectivity index (χ0) is 18.8. The van der Waals surface area contributed by atoms with Crippen molar-refractivity contribution in [2.45, 2.75) is 0 Å². The lowest BCUT2D eigenvalue weighted by atomic mass is 10.2. The third-order valence-electron chi connectivity index (χ3n) is 3.81. The summed E-state index contributed by atoms with van der Waals surface area (Å²) < 4.78 is 7.75. The average Bonchev–Trinajstić information content (AvgIpc) is 3.27. The molecule has 0 unspecified atom stereocenters. The number of halogens is 2. The van der Waals surface area contributed by atoms with E-state index in [-0.39, 0.29) is 0 Å². The number of benzene rings is 2. The van der Waals surface area contributed by atoms with Crippen LogP contribution < -0.4 is 0 Å². The molecule has 0 bridgehead atoms. The topological polar surface area (TPSA) is 59.1 Å². The molecule has 5 nitrogen and oxygen atoms in total. The fourth-order valence-corrected chi connectivity index (χ4v) is 3.22. The lowest BCUT2D eigenvalue weighted by Gasteiger charge is -2.01. The van der Waals surface area contributed by atoms with Crippen molar-refractivity contribution in [3.63, 3.8) is 0 Å². The van der Waals surface area contributed by atoms with Gasteiger partial charge >= 0.3 is 0 Å². The monoisotopic (exact) mass is 414 g/mol. The molecule has 0 saturated carbocycles. The van der Waals surface area contributed by atoms with E-state index in [0.29, 0.717) is 32.2 Å². The Labute approximate surface area is 169 Å². The predicted molar refractivity (Wildman–Crippen MR) is 110 cm³/mol. The Kier molecular flexibility index (Phi) is 4.94. The van der Waals surface area contributed by atoms with Crippen molar-refractivity contribution < 1.29 is 4.42 Å². The first-order valence-corrected chi connectivity index (χ1v) is 9.11. The van der Waals surface area contributed by atoms with Crippen LogP contribution in [0.5, 0.6) is 0 Å². The van der Waals surface area contributed by atoms with Gasteiger partial charge in [0.2, 0.25) is 4.77 Å². The van der Waals surface area contributed by atoms with Crippen LogP contribution in [0.15, 0.2) is 70.2 Å². The highest BCUT2D eigenvalue weighted by molar-refractivity contribution is 7.71. The van der Waals surface area contributed by atoms with Gasteiger partial charge in [0.05, 0.1) is 11.2 Å². The summed E-state index contributed by atoms with van der Waals surface area (Å²) in [6, 6.07) is 18.5. The molecular formula is C19H12Cl2N4OS. The van der Waals surface area contributed by atoms with Crippen LogP contribution in [-0.4, -0.2) is 21.1 Å². The summed E-state index contributed by atoms with van der Waals surface area (Å²) in [5.74, 6) is 1.79. The van der Waals surface area contributed by atoms with E-state index in [9.17, 15) is 0 Å². The number of aromatic amines is 1. The van der Waals surface area contributed by atoms with Crippen LogP contribution >= 0.6 is 35.4 Å². The predicted octanol–water partition coefficient (Wildman–Crippen LogP) is 6.06. The van der Waals surface area contributed by atoms with Crippen LogP contribution in [0, 0.1) is 4.77 Å². The van der Waals surface area contributed by atoms with Gasteiger partial charge in [0.25, 0.3) is 0 Å². The second-order valence-electron chi connectivity index (χ2n) is 5.60. The summed E-state index contributed by atoms with van der Waals surface area (Å²) in [5.41, 5.74) is 1.65. The van der Waals surface area contributed by atoms with Crippen LogP contribution in [0.3, 0.4) is 0 Å².